The summed E-state index contributed by atoms with van der Waals surface area (Å²) in [6.07, 6.45) is 0. The third kappa shape index (κ3) is 5.08. The highest BCUT2D eigenvalue weighted by molar-refractivity contribution is 9.10. The van der Waals surface area contributed by atoms with E-state index in [9.17, 15) is 9.18 Å². The molecule has 0 aliphatic rings. The second kappa shape index (κ2) is 9.15. The van der Waals surface area contributed by atoms with Crippen LogP contribution < -0.4 is 20.5 Å². The Kier molecular flexibility index (Phi) is 6.39. The van der Waals surface area contributed by atoms with Crippen LogP contribution in [-0.4, -0.2) is 35.8 Å². The number of amides is 1. The van der Waals surface area contributed by atoms with Crippen LogP contribution in [0.25, 0.3) is 0 Å². The van der Waals surface area contributed by atoms with Gasteiger partial charge in [0.25, 0.3) is 5.91 Å². The van der Waals surface area contributed by atoms with Crippen molar-refractivity contribution in [3.63, 3.8) is 0 Å². The van der Waals surface area contributed by atoms with E-state index in [4.69, 9.17) is 15.2 Å². The summed E-state index contributed by atoms with van der Waals surface area (Å²) < 4.78 is 28.8. The zero-order valence-corrected chi connectivity index (χ0v) is 16.6. The molecule has 3 rings (SSSR count). The quantitative estimate of drug-likeness (QED) is 0.407. The summed E-state index contributed by atoms with van der Waals surface area (Å²) in [5.74, 6) is -0.164. The van der Waals surface area contributed by atoms with Gasteiger partial charge in [0, 0.05) is 0 Å². The summed E-state index contributed by atoms with van der Waals surface area (Å²) in [5.41, 5.74) is 6.31. The number of rotatable bonds is 7. The number of nitrogens with one attached hydrogen (secondary N) is 1. The SMILES string of the molecule is COc1ccccc1OCC(=O)Nc1nonc1C(N)=Nc1ccc(F)c(Br)c1. The Morgan fingerprint density at radius 1 is 1.28 bits per heavy atom. The molecule has 0 saturated heterocycles. The zero-order valence-electron chi connectivity index (χ0n) is 15.1. The summed E-state index contributed by atoms with van der Waals surface area (Å²) in [4.78, 5) is 16.3. The maximum absolute atomic E-state index is 13.3. The Hall–Kier alpha value is -3.47. The average Bonchev–Trinajstić information content (AvgIpc) is 3.17. The molecule has 0 atom stereocenters. The van der Waals surface area contributed by atoms with Gasteiger partial charge in [0.2, 0.25) is 5.82 Å². The van der Waals surface area contributed by atoms with E-state index in [1.807, 2.05) is 0 Å². The van der Waals surface area contributed by atoms with Gasteiger partial charge in [0.1, 0.15) is 5.82 Å². The number of hydrogen-bond acceptors (Lipinski definition) is 7. The Morgan fingerprint density at radius 2 is 2.03 bits per heavy atom. The smallest absolute Gasteiger partial charge is 0.263 e. The Morgan fingerprint density at radius 3 is 2.76 bits per heavy atom. The topological polar surface area (TPSA) is 125 Å². The molecule has 9 nitrogen and oxygen atoms in total. The van der Waals surface area contributed by atoms with Gasteiger partial charge < -0.3 is 20.5 Å². The van der Waals surface area contributed by atoms with Gasteiger partial charge in [-0.15, -0.1) is 0 Å². The molecule has 1 heterocycles. The summed E-state index contributed by atoms with van der Waals surface area (Å²) >= 11 is 3.07. The first kappa shape index (κ1) is 20.3. The maximum Gasteiger partial charge on any atom is 0.263 e. The molecule has 2 aromatic carbocycles. The number of carbonyl (C=O) groups excluding carboxylic acids is 1. The van der Waals surface area contributed by atoms with E-state index in [1.54, 1.807) is 24.3 Å². The molecule has 1 aromatic heterocycles. The molecule has 1 amide bonds. The number of methoxy groups -OCH3 is 1. The summed E-state index contributed by atoms with van der Waals surface area (Å²) in [5, 5.41) is 9.74. The number of ether oxygens (including phenoxy) is 2. The predicted molar refractivity (Wildman–Crippen MR) is 106 cm³/mol. The zero-order chi connectivity index (χ0) is 20.8. The third-order valence-electron chi connectivity index (χ3n) is 3.57. The fourth-order valence-electron chi connectivity index (χ4n) is 2.23. The number of para-hydroxylation sites is 2. The highest BCUT2D eigenvalue weighted by Crippen LogP contribution is 2.26. The van der Waals surface area contributed by atoms with Gasteiger partial charge in [-0.05, 0) is 56.6 Å². The summed E-state index contributed by atoms with van der Waals surface area (Å²) in [7, 11) is 1.50. The lowest BCUT2D eigenvalue weighted by Gasteiger charge is -2.09. The standard InChI is InChI=1S/C18H15BrFN5O4/c1-27-13-4-2-3-5-14(13)28-9-15(26)23-18-16(24-29-25-18)17(21)22-10-6-7-12(20)11(19)8-10/h2-8H,9H2,1H3,(H2,21,22)(H,23,25,26). The fraction of sp³-hybridized carbons (Fsp3) is 0.111. The van der Waals surface area contributed by atoms with Crippen LogP contribution in [0.1, 0.15) is 5.69 Å². The van der Waals surface area contributed by atoms with Gasteiger partial charge >= 0.3 is 0 Å². The Bertz CT molecular complexity index is 1060. The third-order valence-corrected chi connectivity index (χ3v) is 4.18. The number of carbonyl (C=O) groups is 1. The van der Waals surface area contributed by atoms with Gasteiger partial charge in [-0.1, -0.05) is 12.1 Å². The van der Waals surface area contributed by atoms with Crippen molar-refractivity contribution in [3.8, 4) is 11.5 Å². The summed E-state index contributed by atoms with van der Waals surface area (Å²) in [6, 6.07) is 11.0. The van der Waals surface area contributed by atoms with E-state index in [-0.39, 0.29) is 28.4 Å². The van der Waals surface area contributed by atoms with Gasteiger partial charge in [0.05, 0.1) is 17.3 Å². The number of halogens is 2. The van der Waals surface area contributed by atoms with E-state index in [2.05, 4.69) is 41.2 Å². The largest absolute Gasteiger partial charge is 0.493 e. The molecular weight excluding hydrogens is 449 g/mol. The predicted octanol–water partition coefficient (Wildman–Crippen LogP) is 3.03. The second-order valence-corrected chi connectivity index (χ2v) is 6.40. The first-order valence-electron chi connectivity index (χ1n) is 8.15. The molecule has 3 aromatic rings. The van der Waals surface area contributed by atoms with E-state index < -0.39 is 11.7 Å². The van der Waals surface area contributed by atoms with Gasteiger partial charge in [-0.3, -0.25) is 4.79 Å². The summed E-state index contributed by atoms with van der Waals surface area (Å²) in [6.45, 7) is -0.311. The number of anilines is 1. The lowest BCUT2D eigenvalue weighted by atomic mass is 10.3. The lowest BCUT2D eigenvalue weighted by Crippen LogP contribution is -2.23. The van der Waals surface area contributed by atoms with Crippen molar-refractivity contribution in [2.75, 3.05) is 19.0 Å². The molecular formula is C18H15BrFN5O4. The molecule has 0 unspecified atom stereocenters. The molecule has 11 heteroatoms. The number of nitrogens with two attached hydrogens (primary N) is 1. The molecule has 29 heavy (non-hydrogen) atoms. The molecule has 0 saturated carbocycles. The van der Waals surface area contributed by atoms with Crippen molar-refractivity contribution in [2.24, 2.45) is 10.7 Å². The molecule has 0 radical (unpaired) electrons. The Labute approximate surface area is 172 Å². The van der Waals surface area contributed by atoms with Crippen molar-refractivity contribution in [3.05, 3.63) is 58.4 Å². The normalized spacial score (nSPS) is 11.2. The first-order valence-corrected chi connectivity index (χ1v) is 8.95. The van der Waals surface area contributed by atoms with E-state index in [0.29, 0.717) is 17.2 Å². The molecule has 150 valence electrons. The molecule has 3 N–H and O–H groups in total. The van der Waals surface area contributed by atoms with Gasteiger partial charge in [0.15, 0.2) is 29.6 Å². The van der Waals surface area contributed by atoms with Crippen LogP contribution in [0.15, 0.2) is 56.6 Å². The number of benzene rings is 2. The van der Waals surface area contributed by atoms with E-state index >= 15 is 0 Å². The molecule has 0 bridgehead atoms. The van der Waals surface area contributed by atoms with Crippen molar-refractivity contribution < 1.29 is 23.3 Å². The van der Waals surface area contributed by atoms with Crippen LogP contribution in [0.3, 0.4) is 0 Å². The van der Waals surface area contributed by atoms with Gasteiger partial charge in [-0.2, -0.15) is 0 Å². The average molecular weight is 464 g/mol. The number of hydrogen-bond donors (Lipinski definition) is 2. The number of aliphatic imine (C=N–C) groups is 1. The van der Waals surface area contributed by atoms with Crippen LogP contribution in [0, 0.1) is 5.82 Å². The van der Waals surface area contributed by atoms with Crippen molar-refractivity contribution in [1.82, 2.24) is 10.3 Å². The highest BCUT2D eigenvalue weighted by Gasteiger charge is 2.17. The van der Waals surface area contributed by atoms with Crippen LogP contribution in [0.4, 0.5) is 15.9 Å². The van der Waals surface area contributed by atoms with E-state index in [0.717, 1.165) is 0 Å². The lowest BCUT2D eigenvalue weighted by molar-refractivity contribution is -0.118. The minimum absolute atomic E-state index is 0.0242. The van der Waals surface area contributed by atoms with Gasteiger partial charge in [-0.25, -0.2) is 14.0 Å². The molecule has 0 fully saturated rings. The maximum atomic E-state index is 13.3. The van der Waals surface area contributed by atoms with Crippen LogP contribution >= 0.6 is 15.9 Å². The van der Waals surface area contributed by atoms with Crippen LogP contribution in [0.5, 0.6) is 11.5 Å². The highest BCUT2D eigenvalue weighted by atomic mass is 79.9. The Balaban J connectivity index is 1.68. The number of nitrogens with zero attached hydrogens (tertiary/aromatic N) is 3. The minimum atomic E-state index is -0.523. The number of aromatic nitrogens is 2. The second-order valence-electron chi connectivity index (χ2n) is 5.54. The minimum Gasteiger partial charge on any atom is -0.493 e. The van der Waals surface area contributed by atoms with Crippen LogP contribution in [-0.2, 0) is 4.79 Å². The van der Waals surface area contributed by atoms with Crippen molar-refractivity contribution in [1.29, 1.82) is 0 Å². The first-order chi connectivity index (χ1) is 14.0. The molecule has 0 aliphatic heterocycles. The fourth-order valence-corrected chi connectivity index (χ4v) is 2.60. The van der Waals surface area contributed by atoms with Crippen molar-refractivity contribution in [2.45, 2.75) is 0 Å². The molecule has 0 aliphatic carbocycles. The molecule has 0 spiro atoms. The number of amidine groups is 1. The van der Waals surface area contributed by atoms with Crippen LogP contribution in [0.2, 0.25) is 0 Å². The van der Waals surface area contributed by atoms with E-state index in [1.165, 1.54) is 25.3 Å². The monoisotopic (exact) mass is 463 g/mol. The van der Waals surface area contributed by atoms with Crippen molar-refractivity contribution >= 4 is 39.2 Å².